The molecule has 0 heterocycles. The number of benzene rings is 1. The lowest BCUT2D eigenvalue weighted by Crippen LogP contribution is -2.09. The fraction of sp³-hybridized carbons (Fsp3) is 0.400. The lowest BCUT2D eigenvalue weighted by Gasteiger charge is -2.11. The molecule has 0 fully saturated rings. The van der Waals surface area contributed by atoms with Gasteiger partial charge in [-0.2, -0.15) is 8.78 Å². The van der Waals surface area contributed by atoms with Gasteiger partial charge in [-0.25, -0.2) is 0 Å². The molecule has 1 rings (SSSR count). The third kappa shape index (κ3) is 2.96. The van der Waals surface area contributed by atoms with Gasteiger partial charge in [-0.1, -0.05) is 19.1 Å². The van der Waals surface area contributed by atoms with Crippen LogP contribution in [0, 0.1) is 0 Å². The van der Waals surface area contributed by atoms with Crippen molar-refractivity contribution < 1.29 is 13.5 Å². The first-order valence-corrected chi connectivity index (χ1v) is 4.43. The molecule has 0 aliphatic rings. The molecule has 0 spiro atoms. The molecule has 4 heteroatoms. The molecule has 0 aromatic heterocycles. The predicted octanol–water partition coefficient (Wildman–Crippen LogP) is 2.70. The van der Waals surface area contributed by atoms with Gasteiger partial charge in [0.15, 0.2) is 0 Å². The molecule has 14 heavy (non-hydrogen) atoms. The molecule has 0 radical (unpaired) electrons. The molecule has 0 aliphatic heterocycles. The average molecular weight is 201 g/mol. The van der Waals surface area contributed by atoms with E-state index < -0.39 is 6.61 Å². The lowest BCUT2D eigenvalue weighted by molar-refractivity contribution is -0.0498. The van der Waals surface area contributed by atoms with Gasteiger partial charge in [-0.15, -0.1) is 0 Å². The molecule has 1 atom stereocenters. The van der Waals surface area contributed by atoms with Gasteiger partial charge in [-0.05, 0) is 24.1 Å². The van der Waals surface area contributed by atoms with Crippen molar-refractivity contribution in [2.45, 2.75) is 26.0 Å². The molecule has 0 bridgehead atoms. The molecule has 1 aromatic carbocycles. The van der Waals surface area contributed by atoms with Gasteiger partial charge < -0.3 is 10.5 Å². The van der Waals surface area contributed by atoms with Crippen LogP contribution in [0.4, 0.5) is 8.78 Å². The molecule has 1 aromatic rings. The first kappa shape index (κ1) is 10.9. The van der Waals surface area contributed by atoms with Crippen LogP contribution in [0.25, 0.3) is 0 Å². The Kier molecular flexibility index (Phi) is 3.83. The van der Waals surface area contributed by atoms with E-state index in [0.717, 1.165) is 12.0 Å². The van der Waals surface area contributed by atoms with Gasteiger partial charge in [0.05, 0.1) is 0 Å². The summed E-state index contributed by atoms with van der Waals surface area (Å²) < 4.78 is 28.0. The number of hydrogen-bond donors (Lipinski definition) is 1. The number of ether oxygens (including phenoxy) is 1. The second kappa shape index (κ2) is 4.91. The van der Waals surface area contributed by atoms with Gasteiger partial charge in [0.25, 0.3) is 0 Å². The SMILES string of the molecule is CC[C@@H](N)c1cccc(OC(F)F)c1. The molecule has 2 nitrogen and oxygen atoms in total. The van der Waals surface area contributed by atoms with Crippen LogP contribution in [-0.2, 0) is 0 Å². The summed E-state index contributed by atoms with van der Waals surface area (Å²) in [6.07, 6.45) is 0.762. The van der Waals surface area contributed by atoms with E-state index in [1.165, 1.54) is 6.07 Å². The van der Waals surface area contributed by atoms with E-state index in [0.29, 0.717) is 0 Å². The number of halogens is 2. The van der Waals surface area contributed by atoms with Crippen LogP contribution in [-0.4, -0.2) is 6.61 Å². The minimum Gasteiger partial charge on any atom is -0.435 e. The van der Waals surface area contributed by atoms with E-state index >= 15 is 0 Å². The zero-order valence-electron chi connectivity index (χ0n) is 7.91. The van der Waals surface area contributed by atoms with Crippen molar-refractivity contribution in [2.75, 3.05) is 0 Å². The highest BCUT2D eigenvalue weighted by Gasteiger charge is 2.07. The number of nitrogens with two attached hydrogens (primary N) is 1. The second-order valence-corrected chi connectivity index (χ2v) is 2.97. The maximum Gasteiger partial charge on any atom is 0.387 e. The summed E-state index contributed by atoms with van der Waals surface area (Å²) in [6.45, 7) is -0.853. The van der Waals surface area contributed by atoms with Crippen molar-refractivity contribution in [3.05, 3.63) is 29.8 Å². The van der Waals surface area contributed by atoms with Crippen LogP contribution in [0.5, 0.6) is 5.75 Å². The first-order chi connectivity index (χ1) is 6.63. The highest BCUT2D eigenvalue weighted by Crippen LogP contribution is 2.20. The van der Waals surface area contributed by atoms with Gasteiger partial charge in [0.1, 0.15) is 5.75 Å². The quantitative estimate of drug-likeness (QED) is 0.812. The Morgan fingerprint density at radius 1 is 1.43 bits per heavy atom. The number of alkyl halides is 2. The Morgan fingerprint density at radius 2 is 2.14 bits per heavy atom. The number of rotatable bonds is 4. The number of hydrogen-bond acceptors (Lipinski definition) is 2. The first-order valence-electron chi connectivity index (χ1n) is 4.43. The standard InChI is InChI=1S/C10H13F2NO/c1-2-9(13)7-4-3-5-8(6-7)14-10(11)12/h3-6,9-10H,2,13H2,1H3/t9-/m1/s1. The van der Waals surface area contributed by atoms with E-state index in [1.54, 1.807) is 18.2 Å². The summed E-state index contributed by atoms with van der Waals surface area (Å²) >= 11 is 0. The summed E-state index contributed by atoms with van der Waals surface area (Å²) in [6, 6.07) is 6.35. The monoisotopic (exact) mass is 201 g/mol. The van der Waals surface area contributed by atoms with Crippen molar-refractivity contribution in [1.29, 1.82) is 0 Å². The van der Waals surface area contributed by atoms with Gasteiger partial charge in [0, 0.05) is 6.04 Å². The van der Waals surface area contributed by atoms with Crippen LogP contribution >= 0.6 is 0 Å². The molecule has 0 saturated carbocycles. The minimum absolute atomic E-state index is 0.128. The fourth-order valence-electron chi connectivity index (χ4n) is 1.16. The van der Waals surface area contributed by atoms with Crippen molar-refractivity contribution in [3.63, 3.8) is 0 Å². The van der Waals surface area contributed by atoms with Crippen LogP contribution in [0.1, 0.15) is 24.9 Å². The van der Waals surface area contributed by atoms with Gasteiger partial charge in [0.2, 0.25) is 0 Å². The lowest BCUT2D eigenvalue weighted by atomic mass is 10.1. The Morgan fingerprint density at radius 3 is 2.71 bits per heavy atom. The fourth-order valence-corrected chi connectivity index (χ4v) is 1.16. The highest BCUT2D eigenvalue weighted by molar-refractivity contribution is 5.30. The Labute approximate surface area is 81.7 Å². The third-order valence-corrected chi connectivity index (χ3v) is 1.95. The van der Waals surface area contributed by atoms with Crippen molar-refractivity contribution in [1.82, 2.24) is 0 Å². The van der Waals surface area contributed by atoms with E-state index in [9.17, 15) is 8.78 Å². The van der Waals surface area contributed by atoms with Crippen LogP contribution in [0.3, 0.4) is 0 Å². The Hall–Kier alpha value is -1.16. The zero-order chi connectivity index (χ0) is 10.6. The van der Waals surface area contributed by atoms with Crippen LogP contribution in [0.15, 0.2) is 24.3 Å². The van der Waals surface area contributed by atoms with Gasteiger partial charge in [-0.3, -0.25) is 0 Å². The molecule has 78 valence electrons. The van der Waals surface area contributed by atoms with Gasteiger partial charge >= 0.3 is 6.61 Å². The molecule has 0 unspecified atom stereocenters. The van der Waals surface area contributed by atoms with Crippen LogP contribution < -0.4 is 10.5 Å². The largest absolute Gasteiger partial charge is 0.435 e. The normalized spacial score (nSPS) is 12.9. The molecule has 0 amide bonds. The minimum atomic E-state index is -2.79. The topological polar surface area (TPSA) is 35.2 Å². The smallest absolute Gasteiger partial charge is 0.387 e. The Balaban J connectivity index is 2.78. The van der Waals surface area contributed by atoms with E-state index in [1.807, 2.05) is 6.92 Å². The van der Waals surface area contributed by atoms with E-state index in [2.05, 4.69) is 4.74 Å². The highest BCUT2D eigenvalue weighted by atomic mass is 19.3. The second-order valence-electron chi connectivity index (χ2n) is 2.97. The molecule has 0 saturated heterocycles. The third-order valence-electron chi connectivity index (χ3n) is 1.95. The van der Waals surface area contributed by atoms with Crippen molar-refractivity contribution in [3.8, 4) is 5.75 Å². The zero-order valence-corrected chi connectivity index (χ0v) is 7.91. The molecular weight excluding hydrogens is 188 g/mol. The maximum atomic E-state index is 11.9. The summed E-state index contributed by atoms with van der Waals surface area (Å²) in [4.78, 5) is 0. The van der Waals surface area contributed by atoms with E-state index in [4.69, 9.17) is 5.73 Å². The summed E-state index contributed by atoms with van der Waals surface area (Å²) in [7, 11) is 0. The maximum absolute atomic E-state index is 11.9. The molecule has 0 aliphatic carbocycles. The molecule has 2 N–H and O–H groups in total. The molecular formula is C10H13F2NO. The summed E-state index contributed by atoms with van der Waals surface area (Å²) in [5, 5.41) is 0. The predicted molar refractivity (Wildman–Crippen MR) is 50.3 cm³/mol. The summed E-state index contributed by atoms with van der Waals surface area (Å²) in [5.41, 5.74) is 6.56. The average Bonchev–Trinajstić information content (AvgIpc) is 2.16. The van der Waals surface area contributed by atoms with E-state index in [-0.39, 0.29) is 11.8 Å². The van der Waals surface area contributed by atoms with Crippen LogP contribution in [0.2, 0.25) is 0 Å². The van der Waals surface area contributed by atoms with Crippen molar-refractivity contribution >= 4 is 0 Å². The van der Waals surface area contributed by atoms with Crippen molar-refractivity contribution in [2.24, 2.45) is 5.73 Å². The Bertz CT molecular complexity index is 291. The summed E-state index contributed by atoms with van der Waals surface area (Å²) in [5.74, 6) is 0.154.